The lowest BCUT2D eigenvalue weighted by Crippen LogP contribution is -2.26. The van der Waals surface area contributed by atoms with Gasteiger partial charge < -0.3 is 14.8 Å². The van der Waals surface area contributed by atoms with E-state index in [0.29, 0.717) is 24.0 Å². The van der Waals surface area contributed by atoms with Crippen LogP contribution in [0.25, 0.3) is 5.82 Å². The van der Waals surface area contributed by atoms with E-state index in [2.05, 4.69) is 34.8 Å². The third-order valence-electron chi connectivity index (χ3n) is 4.63. The fourth-order valence-electron chi connectivity index (χ4n) is 3.05. The van der Waals surface area contributed by atoms with E-state index in [1.165, 1.54) is 10.7 Å². The molecule has 1 fully saturated rings. The van der Waals surface area contributed by atoms with Crippen molar-refractivity contribution >= 4 is 5.91 Å². The van der Waals surface area contributed by atoms with E-state index in [4.69, 9.17) is 5.26 Å². The minimum absolute atomic E-state index is 0.0390. The number of ether oxygens (including phenoxy) is 2. The van der Waals surface area contributed by atoms with Crippen molar-refractivity contribution in [1.29, 1.82) is 5.26 Å². The molecule has 1 aliphatic rings. The lowest BCUT2D eigenvalue weighted by molar-refractivity contribution is -0.276. The van der Waals surface area contributed by atoms with E-state index < -0.39 is 35.7 Å². The Labute approximate surface area is 197 Å². The average Bonchev–Trinajstić information content (AvgIpc) is 3.54. The summed E-state index contributed by atoms with van der Waals surface area (Å²) >= 11 is 0. The average molecular weight is 513 g/mol. The van der Waals surface area contributed by atoms with Crippen molar-refractivity contribution in [2.75, 3.05) is 0 Å². The molecule has 0 unspecified atom stereocenters. The summed E-state index contributed by atoms with van der Waals surface area (Å²) in [5.74, 6) is -2.34. The number of amides is 1. The van der Waals surface area contributed by atoms with Crippen LogP contribution in [0.15, 0.2) is 30.6 Å². The van der Waals surface area contributed by atoms with Gasteiger partial charge in [0.1, 0.15) is 29.6 Å². The van der Waals surface area contributed by atoms with Crippen LogP contribution in [0.2, 0.25) is 0 Å². The highest BCUT2D eigenvalue weighted by Crippen LogP contribution is 2.38. The topological polar surface area (TPSA) is 128 Å². The molecule has 1 aromatic carbocycles. The molecule has 0 atom stereocenters. The van der Waals surface area contributed by atoms with Crippen molar-refractivity contribution in [3.63, 3.8) is 0 Å². The van der Waals surface area contributed by atoms with Crippen LogP contribution in [-0.4, -0.2) is 43.4 Å². The first-order chi connectivity index (χ1) is 16.9. The fraction of sp³-hybridized carbons (Fsp3) is 0.300. The third-order valence-corrected chi connectivity index (χ3v) is 4.63. The van der Waals surface area contributed by atoms with Gasteiger partial charge in [0, 0.05) is 23.6 Å². The monoisotopic (exact) mass is 513 g/mol. The van der Waals surface area contributed by atoms with Gasteiger partial charge >= 0.3 is 12.7 Å². The highest BCUT2D eigenvalue weighted by Gasteiger charge is 2.34. The molecule has 36 heavy (non-hydrogen) atoms. The van der Waals surface area contributed by atoms with Crippen LogP contribution >= 0.6 is 0 Å². The molecule has 0 radical (unpaired) electrons. The number of benzene rings is 1. The number of aromatic nitrogens is 5. The van der Waals surface area contributed by atoms with Gasteiger partial charge in [-0.2, -0.15) is 9.94 Å². The van der Waals surface area contributed by atoms with Crippen molar-refractivity contribution in [2.24, 2.45) is 0 Å². The summed E-state index contributed by atoms with van der Waals surface area (Å²) in [6, 6.07) is 4.74. The Balaban J connectivity index is 1.59. The molecule has 2 heterocycles. The van der Waals surface area contributed by atoms with Crippen LogP contribution in [0, 0.1) is 11.3 Å². The van der Waals surface area contributed by atoms with Crippen molar-refractivity contribution in [3.05, 3.63) is 53.5 Å². The lowest BCUT2D eigenvalue weighted by Gasteiger charge is -2.14. The molecular weight excluding hydrogens is 500 g/mol. The summed E-state index contributed by atoms with van der Waals surface area (Å²) in [5.41, 5.74) is -0.560. The number of hydrogen-bond donors (Lipinski definition) is 1. The van der Waals surface area contributed by atoms with Crippen molar-refractivity contribution in [2.45, 2.75) is 38.0 Å². The molecule has 0 saturated heterocycles. The smallest absolute Gasteiger partial charge is 0.406 e. The summed E-state index contributed by atoms with van der Waals surface area (Å²) in [5, 5.41) is 15.8. The summed E-state index contributed by atoms with van der Waals surface area (Å²) in [7, 11) is 0. The molecular formula is C20H13F6N7O3. The molecule has 0 bridgehead atoms. The fourth-order valence-corrected chi connectivity index (χ4v) is 3.05. The van der Waals surface area contributed by atoms with Crippen molar-refractivity contribution in [1.82, 2.24) is 30.0 Å². The zero-order chi connectivity index (χ0) is 26.1. The van der Waals surface area contributed by atoms with Crippen molar-refractivity contribution < 1.29 is 40.6 Å². The summed E-state index contributed by atoms with van der Waals surface area (Å²) in [4.78, 5) is 24.8. The molecule has 1 aliphatic carbocycles. The molecule has 188 valence electrons. The maximum Gasteiger partial charge on any atom is 0.573 e. The SMILES string of the molecule is N#Cc1cc(-n2nc(C3CC3)nc2CNC(=O)c2cc(OC(F)(F)F)cc(OC(F)(F)F)c2)ncn1. The Kier molecular flexibility index (Phi) is 6.39. The van der Waals surface area contributed by atoms with E-state index >= 15 is 0 Å². The van der Waals surface area contributed by atoms with Gasteiger partial charge in [0.05, 0.1) is 6.54 Å². The Morgan fingerprint density at radius 3 is 2.25 bits per heavy atom. The standard InChI is InChI=1S/C20H13F6N7O3/c21-19(22,23)35-13-3-11(4-14(6-13)36-20(24,25)26)18(34)28-8-16-31-17(10-1-2-10)32-33(16)15-5-12(7-27)29-9-30-15/h3-6,9-10H,1-2,8H2,(H,28,34). The maximum atomic E-state index is 12.6. The maximum absolute atomic E-state index is 12.6. The molecule has 10 nitrogen and oxygen atoms in total. The highest BCUT2D eigenvalue weighted by atomic mass is 19.4. The van der Waals surface area contributed by atoms with Gasteiger partial charge in [0.2, 0.25) is 0 Å². The highest BCUT2D eigenvalue weighted by molar-refractivity contribution is 5.95. The molecule has 4 rings (SSSR count). The minimum atomic E-state index is -5.22. The van der Waals surface area contributed by atoms with Gasteiger partial charge in [-0.3, -0.25) is 4.79 Å². The number of nitriles is 1. The first-order valence-electron chi connectivity index (χ1n) is 10.0. The number of hydrogen-bond acceptors (Lipinski definition) is 8. The number of halogens is 6. The number of nitrogens with one attached hydrogen (secondary N) is 1. The van der Waals surface area contributed by atoms with Gasteiger partial charge in [-0.15, -0.1) is 31.4 Å². The number of rotatable bonds is 7. The first kappa shape index (κ1) is 24.7. The van der Waals surface area contributed by atoms with Gasteiger partial charge in [0.15, 0.2) is 17.5 Å². The summed E-state index contributed by atoms with van der Waals surface area (Å²) in [6.07, 6.45) is -7.63. The Hall–Kier alpha value is -4.42. The van der Waals surface area contributed by atoms with E-state index in [0.717, 1.165) is 19.2 Å². The van der Waals surface area contributed by atoms with Crippen LogP contribution in [0.3, 0.4) is 0 Å². The summed E-state index contributed by atoms with van der Waals surface area (Å²) in [6.45, 7) is -0.329. The Morgan fingerprint density at radius 2 is 1.69 bits per heavy atom. The van der Waals surface area contributed by atoms with Crippen LogP contribution < -0.4 is 14.8 Å². The number of carbonyl (C=O) groups is 1. The molecule has 1 amide bonds. The van der Waals surface area contributed by atoms with E-state index in [1.807, 2.05) is 6.07 Å². The number of carbonyl (C=O) groups excluding carboxylic acids is 1. The molecule has 0 spiro atoms. The van der Waals surface area contributed by atoms with Crippen LogP contribution in [0.1, 0.15) is 46.5 Å². The Morgan fingerprint density at radius 1 is 1.06 bits per heavy atom. The van der Waals surface area contributed by atoms with Crippen LogP contribution in [0.5, 0.6) is 11.5 Å². The first-order valence-corrected chi connectivity index (χ1v) is 10.0. The van der Waals surface area contributed by atoms with E-state index in [1.54, 1.807) is 0 Å². The quantitative estimate of drug-likeness (QED) is 0.476. The molecule has 3 aromatic rings. The van der Waals surface area contributed by atoms with Gasteiger partial charge in [0.25, 0.3) is 5.91 Å². The second-order valence-corrected chi connectivity index (χ2v) is 7.42. The molecule has 0 aliphatic heterocycles. The molecule has 2 aromatic heterocycles. The lowest BCUT2D eigenvalue weighted by atomic mass is 10.2. The largest absolute Gasteiger partial charge is 0.573 e. The van der Waals surface area contributed by atoms with Crippen LogP contribution in [0.4, 0.5) is 26.3 Å². The minimum Gasteiger partial charge on any atom is -0.406 e. The zero-order valence-corrected chi connectivity index (χ0v) is 17.8. The second-order valence-electron chi connectivity index (χ2n) is 7.42. The van der Waals surface area contributed by atoms with Gasteiger partial charge in [-0.1, -0.05) is 0 Å². The van der Waals surface area contributed by atoms with Crippen LogP contribution in [-0.2, 0) is 6.54 Å². The molecule has 16 heteroatoms. The van der Waals surface area contributed by atoms with Gasteiger partial charge in [-0.25, -0.2) is 15.0 Å². The second kappa shape index (κ2) is 9.32. The number of nitrogens with zero attached hydrogens (tertiary/aromatic N) is 6. The van der Waals surface area contributed by atoms with Gasteiger partial charge in [-0.05, 0) is 25.0 Å². The van der Waals surface area contributed by atoms with E-state index in [9.17, 15) is 31.1 Å². The Bertz CT molecular complexity index is 1290. The molecule has 1 N–H and O–H groups in total. The number of alkyl halides is 6. The summed E-state index contributed by atoms with van der Waals surface area (Å²) < 4.78 is 84.2. The predicted molar refractivity (Wildman–Crippen MR) is 105 cm³/mol. The normalized spacial score (nSPS) is 13.7. The third kappa shape index (κ3) is 6.37. The molecule has 1 saturated carbocycles. The zero-order valence-electron chi connectivity index (χ0n) is 17.8. The predicted octanol–water partition coefficient (Wildman–Crippen LogP) is 3.53. The van der Waals surface area contributed by atoms with E-state index in [-0.39, 0.29) is 29.8 Å². The van der Waals surface area contributed by atoms with Crippen molar-refractivity contribution in [3.8, 4) is 23.4 Å².